The van der Waals surface area contributed by atoms with Crippen LogP contribution in [-0.4, -0.2) is 13.6 Å². The van der Waals surface area contributed by atoms with Crippen molar-refractivity contribution in [3.8, 4) is 6.07 Å². The molecule has 72 valence electrons. The van der Waals surface area contributed by atoms with Crippen molar-refractivity contribution >= 4 is 17.3 Å². The van der Waals surface area contributed by atoms with Crippen LogP contribution in [0.5, 0.6) is 0 Å². The van der Waals surface area contributed by atoms with Crippen LogP contribution in [0.1, 0.15) is 5.56 Å². The van der Waals surface area contributed by atoms with Gasteiger partial charge in [0.05, 0.1) is 10.6 Å². The summed E-state index contributed by atoms with van der Waals surface area (Å²) in [6, 6.07) is 7.39. The van der Waals surface area contributed by atoms with Gasteiger partial charge in [0.15, 0.2) is 0 Å². The van der Waals surface area contributed by atoms with E-state index in [9.17, 15) is 0 Å². The fourth-order valence-electron chi connectivity index (χ4n) is 1.13. The smallest absolute Gasteiger partial charge is 0.101 e. The maximum atomic E-state index is 8.69. The van der Waals surface area contributed by atoms with E-state index in [1.165, 1.54) is 0 Å². The summed E-state index contributed by atoms with van der Waals surface area (Å²) in [6.45, 7) is 4.41. The highest BCUT2D eigenvalue weighted by molar-refractivity contribution is 6.32. The van der Waals surface area contributed by atoms with Crippen molar-refractivity contribution in [1.29, 1.82) is 5.26 Å². The predicted octanol–water partition coefficient (Wildman–Crippen LogP) is 2.83. The number of nitrogens with zero attached hydrogens (tertiary/aromatic N) is 2. The van der Waals surface area contributed by atoms with Gasteiger partial charge >= 0.3 is 0 Å². The summed E-state index contributed by atoms with van der Waals surface area (Å²) in [6.07, 6.45) is 1.81. The number of rotatable bonds is 3. The topological polar surface area (TPSA) is 27.0 Å². The second kappa shape index (κ2) is 4.69. The Hall–Kier alpha value is -1.46. The Bertz CT molecular complexity index is 379. The van der Waals surface area contributed by atoms with E-state index in [2.05, 4.69) is 6.58 Å². The molecule has 0 aliphatic heterocycles. The quantitative estimate of drug-likeness (QED) is 0.712. The molecule has 1 rings (SSSR count). The Balaban J connectivity index is 2.97. The SMILES string of the molecule is C=CCN(C)c1ccc(C#N)c(Cl)c1. The van der Waals surface area contributed by atoms with E-state index in [0.717, 1.165) is 12.2 Å². The molecule has 0 bridgehead atoms. The molecule has 0 amide bonds. The van der Waals surface area contributed by atoms with Crippen LogP contribution in [-0.2, 0) is 0 Å². The summed E-state index contributed by atoms with van der Waals surface area (Å²) in [7, 11) is 1.94. The van der Waals surface area contributed by atoms with E-state index < -0.39 is 0 Å². The molecule has 3 heteroatoms. The first-order valence-electron chi connectivity index (χ1n) is 4.20. The Kier molecular flexibility index (Phi) is 3.55. The minimum atomic E-state index is 0.487. The van der Waals surface area contributed by atoms with Crippen molar-refractivity contribution in [3.05, 3.63) is 41.4 Å². The average Bonchev–Trinajstić information content (AvgIpc) is 2.18. The fraction of sp³-hybridized carbons (Fsp3) is 0.182. The monoisotopic (exact) mass is 206 g/mol. The lowest BCUT2D eigenvalue weighted by atomic mass is 10.2. The van der Waals surface area contributed by atoms with Crippen LogP contribution >= 0.6 is 11.6 Å². The zero-order chi connectivity index (χ0) is 10.6. The lowest BCUT2D eigenvalue weighted by Gasteiger charge is -2.17. The first kappa shape index (κ1) is 10.6. The molecule has 2 nitrogen and oxygen atoms in total. The highest BCUT2D eigenvalue weighted by atomic mass is 35.5. The lowest BCUT2D eigenvalue weighted by molar-refractivity contribution is 1.03. The molecule has 0 aliphatic carbocycles. The molecule has 0 heterocycles. The van der Waals surface area contributed by atoms with Gasteiger partial charge in [-0.25, -0.2) is 0 Å². The summed E-state index contributed by atoms with van der Waals surface area (Å²) in [5.74, 6) is 0. The van der Waals surface area contributed by atoms with Gasteiger partial charge < -0.3 is 4.90 Å². The molecule has 0 aromatic heterocycles. The van der Waals surface area contributed by atoms with E-state index in [1.54, 1.807) is 12.1 Å². The van der Waals surface area contributed by atoms with Crippen LogP contribution < -0.4 is 4.90 Å². The van der Waals surface area contributed by atoms with Gasteiger partial charge in [-0.05, 0) is 18.2 Å². The molecular formula is C11H11ClN2. The van der Waals surface area contributed by atoms with E-state index in [0.29, 0.717) is 10.6 Å². The highest BCUT2D eigenvalue weighted by Crippen LogP contribution is 2.22. The van der Waals surface area contributed by atoms with Gasteiger partial charge in [0.25, 0.3) is 0 Å². The molecule has 1 aromatic rings. The van der Waals surface area contributed by atoms with E-state index in [1.807, 2.05) is 30.2 Å². The third-order valence-corrected chi connectivity index (χ3v) is 2.23. The third kappa shape index (κ3) is 2.27. The second-order valence-electron chi connectivity index (χ2n) is 2.95. The van der Waals surface area contributed by atoms with Crippen LogP contribution in [0.25, 0.3) is 0 Å². The lowest BCUT2D eigenvalue weighted by Crippen LogP contribution is -2.16. The Morgan fingerprint density at radius 3 is 2.86 bits per heavy atom. The van der Waals surface area contributed by atoms with Crippen molar-refractivity contribution < 1.29 is 0 Å². The first-order chi connectivity index (χ1) is 6.69. The van der Waals surface area contributed by atoms with Gasteiger partial charge in [0.2, 0.25) is 0 Å². The minimum absolute atomic E-state index is 0.487. The zero-order valence-electron chi connectivity index (χ0n) is 8.00. The van der Waals surface area contributed by atoms with Crippen molar-refractivity contribution in [3.63, 3.8) is 0 Å². The number of likely N-dealkylation sites (N-methyl/N-ethyl adjacent to an activating group) is 1. The summed E-state index contributed by atoms with van der Waals surface area (Å²) in [5.41, 5.74) is 1.48. The molecule has 0 atom stereocenters. The Morgan fingerprint density at radius 1 is 1.64 bits per heavy atom. The molecule has 0 radical (unpaired) electrons. The molecule has 14 heavy (non-hydrogen) atoms. The standard InChI is InChI=1S/C11H11ClN2/c1-3-6-14(2)10-5-4-9(8-13)11(12)7-10/h3-5,7H,1,6H2,2H3. The molecular weight excluding hydrogens is 196 g/mol. The summed E-state index contributed by atoms with van der Waals surface area (Å²) in [5, 5.41) is 9.17. The van der Waals surface area contributed by atoms with Gasteiger partial charge in [-0.3, -0.25) is 0 Å². The number of nitriles is 1. The van der Waals surface area contributed by atoms with Crippen molar-refractivity contribution in [2.75, 3.05) is 18.5 Å². The molecule has 0 fully saturated rings. The Morgan fingerprint density at radius 2 is 2.36 bits per heavy atom. The molecule has 0 N–H and O–H groups in total. The summed E-state index contributed by atoms with van der Waals surface area (Å²) >= 11 is 5.90. The normalized spacial score (nSPS) is 9.21. The van der Waals surface area contributed by atoms with Crippen LogP contribution in [0.15, 0.2) is 30.9 Å². The highest BCUT2D eigenvalue weighted by Gasteiger charge is 2.03. The van der Waals surface area contributed by atoms with E-state index in [-0.39, 0.29) is 0 Å². The molecule has 0 spiro atoms. The van der Waals surface area contributed by atoms with Crippen molar-refractivity contribution in [2.45, 2.75) is 0 Å². The molecule has 0 aliphatic rings. The molecule has 0 unspecified atom stereocenters. The van der Waals surface area contributed by atoms with Gasteiger partial charge in [-0.2, -0.15) is 5.26 Å². The number of anilines is 1. The van der Waals surface area contributed by atoms with E-state index in [4.69, 9.17) is 16.9 Å². The van der Waals surface area contributed by atoms with E-state index >= 15 is 0 Å². The first-order valence-corrected chi connectivity index (χ1v) is 4.58. The fourth-order valence-corrected chi connectivity index (χ4v) is 1.35. The summed E-state index contributed by atoms with van der Waals surface area (Å²) in [4.78, 5) is 2.00. The van der Waals surface area contributed by atoms with Gasteiger partial charge in [0, 0.05) is 19.3 Å². The molecule has 0 saturated carbocycles. The second-order valence-corrected chi connectivity index (χ2v) is 3.35. The van der Waals surface area contributed by atoms with Gasteiger partial charge in [-0.15, -0.1) is 6.58 Å². The predicted molar refractivity (Wildman–Crippen MR) is 59.6 cm³/mol. The number of hydrogen-bond acceptors (Lipinski definition) is 2. The minimum Gasteiger partial charge on any atom is -0.371 e. The maximum absolute atomic E-state index is 8.69. The zero-order valence-corrected chi connectivity index (χ0v) is 8.75. The van der Waals surface area contributed by atoms with Crippen LogP contribution in [0, 0.1) is 11.3 Å². The molecule has 0 saturated heterocycles. The number of hydrogen-bond donors (Lipinski definition) is 0. The van der Waals surface area contributed by atoms with Gasteiger partial charge in [-0.1, -0.05) is 17.7 Å². The van der Waals surface area contributed by atoms with Crippen molar-refractivity contribution in [1.82, 2.24) is 0 Å². The van der Waals surface area contributed by atoms with Crippen molar-refractivity contribution in [2.24, 2.45) is 0 Å². The van der Waals surface area contributed by atoms with Gasteiger partial charge in [0.1, 0.15) is 6.07 Å². The largest absolute Gasteiger partial charge is 0.371 e. The van der Waals surface area contributed by atoms with Crippen LogP contribution in [0.2, 0.25) is 5.02 Å². The van der Waals surface area contributed by atoms with Crippen LogP contribution in [0.3, 0.4) is 0 Å². The molecule has 1 aromatic carbocycles. The third-order valence-electron chi connectivity index (χ3n) is 1.92. The number of halogens is 1. The summed E-state index contributed by atoms with van der Waals surface area (Å²) < 4.78 is 0. The Labute approximate surface area is 89.0 Å². The number of benzene rings is 1. The maximum Gasteiger partial charge on any atom is 0.101 e. The average molecular weight is 207 g/mol. The van der Waals surface area contributed by atoms with Crippen LogP contribution in [0.4, 0.5) is 5.69 Å².